The molecule has 0 bridgehead atoms. The third-order valence-electron chi connectivity index (χ3n) is 1.71. The number of nitrogens with one attached hydrogen (secondary N) is 1. The Bertz CT molecular complexity index is 483. The molecule has 0 unspecified atom stereocenters. The maximum absolute atomic E-state index is 4.91. The Kier molecular flexibility index (Phi) is 2.51. The largest absolute Gasteiger partial charge is 0.242 e. The highest BCUT2D eigenvalue weighted by Crippen LogP contribution is 2.01. The van der Waals surface area contributed by atoms with E-state index in [4.69, 9.17) is 12.2 Å². The van der Waals surface area contributed by atoms with E-state index in [1.807, 2.05) is 36.4 Å². The summed E-state index contributed by atoms with van der Waals surface area (Å²) >= 11 is 4.91. The Morgan fingerprint density at radius 3 is 2.71 bits per heavy atom. The molecule has 70 valence electrons. The molecule has 1 N–H and O–H groups in total. The first-order chi connectivity index (χ1) is 6.86. The van der Waals surface area contributed by atoms with Crippen molar-refractivity contribution >= 4 is 24.5 Å². The molecule has 0 radical (unpaired) electrons. The summed E-state index contributed by atoms with van der Waals surface area (Å²) in [6.45, 7) is 0. The lowest BCUT2D eigenvalue weighted by atomic mass is 10.2. The number of hydrogen-bond donors (Lipinski definition) is 1. The summed E-state index contributed by atoms with van der Waals surface area (Å²) in [5.41, 5.74) is 1.10. The standard InChI is InChI=1S/C9H8N4S/c14-9-10-11-12-13(9)7-6-8-4-2-1-3-5-8/h1-7H,(H,10,12,14). The maximum Gasteiger partial charge on any atom is 0.242 e. The molecule has 2 aromatic rings. The van der Waals surface area contributed by atoms with Gasteiger partial charge in [0.15, 0.2) is 0 Å². The van der Waals surface area contributed by atoms with Crippen LogP contribution in [-0.2, 0) is 0 Å². The zero-order valence-corrected chi connectivity index (χ0v) is 8.11. The lowest BCUT2D eigenvalue weighted by Gasteiger charge is -1.91. The number of hydrogen-bond acceptors (Lipinski definition) is 3. The monoisotopic (exact) mass is 204 g/mol. The molecule has 0 aliphatic carbocycles. The first-order valence-corrected chi connectivity index (χ1v) is 4.50. The van der Waals surface area contributed by atoms with Crippen LogP contribution in [0.25, 0.3) is 12.3 Å². The minimum absolute atomic E-state index is 0.414. The highest BCUT2D eigenvalue weighted by atomic mass is 32.1. The van der Waals surface area contributed by atoms with Crippen LogP contribution in [0.2, 0.25) is 0 Å². The lowest BCUT2D eigenvalue weighted by Crippen LogP contribution is -1.88. The van der Waals surface area contributed by atoms with Gasteiger partial charge in [-0.05, 0) is 23.9 Å². The molecule has 0 aliphatic rings. The minimum atomic E-state index is 0.414. The van der Waals surface area contributed by atoms with Crippen molar-refractivity contribution < 1.29 is 0 Å². The Morgan fingerprint density at radius 2 is 2.07 bits per heavy atom. The van der Waals surface area contributed by atoms with E-state index >= 15 is 0 Å². The zero-order valence-electron chi connectivity index (χ0n) is 7.29. The predicted octanol–water partition coefficient (Wildman–Crippen LogP) is 1.96. The lowest BCUT2D eigenvalue weighted by molar-refractivity contribution is 0.818. The van der Waals surface area contributed by atoms with E-state index in [2.05, 4.69) is 15.5 Å². The van der Waals surface area contributed by atoms with E-state index in [1.54, 1.807) is 10.9 Å². The molecule has 0 fully saturated rings. The van der Waals surface area contributed by atoms with E-state index < -0.39 is 0 Å². The Morgan fingerprint density at radius 1 is 1.29 bits per heavy atom. The van der Waals surface area contributed by atoms with E-state index in [-0.39, 0.29) is 0 Å². The summed E-state index contributed by atoms with van der Waals surface area (Å²) in [7, 11) is 0. The first-order valence-electron chi connectivity index (χ1n) is 4.09. The molecule has 0 atom stereocenters. The summed E-state index contributed by atoms with van der Waals surface area (Å²) in [4.78, 5) is 0. The van der Waals surface area contributed by atoms with Crippen LogP contribution in [0.1, 0.15) is 5.56 Å². The molecule has 2 rings (SSSR count). The number of rotatable bonds is 2. The summed E-state index contributed by atoms with van der Waals surface area (Å²) in [5, 5.41) is 9.86. The van der Waals surface area contributed by atoms with Gasteiger partial charge in [0.25, 0.3) is 0 Å². The Balaban J connectivity index is 2.24. The van der Waals surface area contributed by atoms with Gasteiger partial charge in [0.1, 0.15) is 0 Å². The van der Waals surface area contributed by atoms with Gasteiger partial charge in [-0.3, -0.25) is 0 Å². The molecule has 0 saturated heterocycles. The average Bonchev–Trinajstić information content (AvgIpc) is 2.63. The second-order valence-corrected chi connectivity index (χ2v) is 3.04. The number of nitrogens with zero attached hydrogens (tertiary/aromatic N) is 3. The van der Waals surface area contributed by atoms with Gasteiger partial charge >= 0.3 is 0 Å². The van der Waals surface area contributed by atoms with Gasteiger partial charge in [0.05, 0.1) is 0 Å². The topological polar surface area (TPSA) is 46.5 Å². The van der Waals surface area contributed by atoms with Crippen LogP contribution < -0.4 is 0 Å². The number of tetrazole rings is 1. The van der Waals surface area contributed by atoms with Gasteiger partial charge in [0.2, 0.25) is 4.77 Å². The van der Waals surface area contributed by atoms with Crippen molar-refractivity contribution in [3.8, 4) is 0 Å². The van der Waals surface area contributed by atoms with Crippen LogP contribution in [0.15, 0.2) is 30.3 Å². The summed E-state index contributed by atoms with van der Waals surface area (Å²) in [5.74, 6) is 0. The van der Waals surface area contributed by atoms with Gasteiger partial charge in [-0.1, -0.05) is 40.6 Å². The Labute approximate surface area is 85.9 Å². The van der Waals surface area contributed by atoms with Crippen LogP contribution in [0, 0.1) is 4.77 Å². The van der Waals surface area contributed by atoms with Crippen LogP contribution >= 0.6 is 12.2 Å². The third kappa shape index (κ3) is 1.94. The number of H-pyrrole nitrogens is 1. The summed E-state index contributed by atoms with van der Waals surface area (Å²) in [6.07, 6.45) is 3.72. The van der Waals surface area contributed by atoms with E-state index in [9.17, 15) is 0 Å². The molecule has 14 heavy (non-hydrogen) atoms. The van der Waals surface area contributed by atoms with E-state index in [1.165, 1.54) is 0 Å². The van der Waals surface area contributed by atoms with Crippen molar-refractivity contribution in [3.63, 3.8) is 0 Å². The van der Waals surface area contributed by atoms with Crippen molar-refractivity contribution in [2.45, 2.75) is 0 Å². The fourth-order valence-electron chi connectivity index (χ4n) is 1.03. The molecule has 5 heteroatoms. The quantitative estimate of drug-likeness (QED) is 0.761. The van der Waals surface area contributed by atoms with Gasteiger partial charge in [0, 0.05) is 6.20 Å². The van der Waals surface area contributed by atoms with Gasteiger partial charge in [-0.15, -0.1) is 0 Å². The molecule has 1 aromatic carbocycles. The number of benzene rings is 1. The van der Waals surface area contributed by atoms with Gasteiger partial charge in [-0.25, -0.2) is 4.68 Å². The Hall–Kier alpha value is -1.75. The molecule has 0 aliphatic heterocycles. The fourth-order valence-corrected chi connectivity index (χ4v) is 1.17. The predicted molar refractivity (Wildman–Crippen MR) is 56.9 cm³/mol. The second kappa shape index (κ2) is 3.97. The average molecular weight is 204 g/mol. The molecule has 0 saturated carbocycles. The highest BCUT2D eigenvalue weighted by molar-refractivity contribution is 7.71. The molecular formula is C9H8N4S. The third-order valence-corrected chi connectivity index (χ3v) is 1.99. The van der Waals surface area contributed by atoms with E-state index in [0.29, 0.717) is 4.77 Å². The van der Waals surface area contributed by atoms with Crippen LogP contribution in [0.3, 0.4) is 0 Å². The van der Waals surface area contributed by atoms with Crippen molar-refractivity contribution in [1.82, 2.24) is 20.2 Å². The maximum atomic E-state index is 4.91. The summed E-state index contributed by atoms with van der Waals surface area (Å²) < 4.78 is 1.99. The highest BCUT2D eigenvalue weighted by Gasteiger charge is 1.88. The van der Waals surface area contributed by atoms with Crippen LogP contribution in [0.4, 0.5) is 0 Å². The van der Waals surface area contributed by atoms with Crippen LogP contribution in [-0.4, -0.2) is 20.2 Å². The molecule has 0 spiro atoms. The number of aromatic nitrogens is 4. The van der Waals surface area contributed by atoms with Crippen molar-refractivity contribution in [1.29, 1.82) is 0 Å². The number of aromatic amines is 1. The van der Waals surface area contributed by atoms with Crippen molar-refractivity contribution in [2.24, 2.45) is 0 Å². The molecule has 0 amide bonds. The second-order valence-electron chi connectivity index (χ2n) is 2.68. The van der Waals surface area contributed by atoms with Crippen LogP contribution in [0.5, 0.6) is 0 Å². The molecule has 4 nitrogen and oxygen atoms in total. The summed E-state index contributed by atoms with van der Waals surface area (Å²) in [6, 6.07) is 9.93. The molecule has 1 heterocycles. The first kappa shape index (κ1) is 8.83. The smallest absolute Gasteiger partial charge is 0.217 e. The van der Waals surface area contributed by atoms with E-state index in [0.717, 1.165) is 5.56 Å². The SMILES string of the molecule is S=c1nn[nH]n1C=Cc1ccccc1. The zero-order chi connectivity index (χ0) is 9.80. The van der Waals surface area contributed by atoms with Gasteiger partial charge < -0.3 is 0 Å². The van der Waals surface area contributed by atoms with Crippen molar-refractivity contribution in [3.05, 3.63) is 40.7 Å². The minimum Gasteiger partial charge on any atom is -0.217 e. The van der Waals surface area contributed by atoms with Gasteiger partial charge in [-0.2, -0.15) is 5.21 Å². The fraction of sp³-hybridized carbons (Fsp3) is 0. The normalized spacial score (nSPS) is 10.9. The molecular weight excluding hydrogens is 196 g/mol. The molecule has 1 aromatic heterocycles. The van der Waals surface area contributed by atoms with Crippen molar-refractivity contribution in [2.75, 3.05) is 0 Å².